The van der Waals surface area contributed by atoms with Crippen LogP contribution in [0.3, 0.4) is 0 Å². The maximum atomic E-state index is 12.5. The van der Waals surface area contributed by atoms with E-state index >= 15 is 0 Å². The second kappa shape index (κ2) is 8.01. The molecule has 0 bridgehead atoms. The minimum Gasteiger partial charge on any atom is -0.486 e. The molecule has 0 aromatic heterocycles. The number of nitrogens with one attached hydrogen (secondary N) is 1. The standard InChI is InChI=1S/C22H26N2O3/c1-24(13-17-15-26-20-11-4-5-12-21(20)27-17)14-22(25)23-19-10-6-8-16-7-2-3-9-18(16)19/h2-5,7,9,11-12,17,19H,6,8,10,13-15H2,1H3,(H,23,25). The van der Waals surface area contributed by atoms with E-state index < -0.39 is 0 Å². The van der Waals surface area contributed by atoms with Crippen molar-refractivity contribution in [3.05, 3.63) is 59.7 Å². The van der Waals surface area contributed by atoms with Crippen LogP contribution < -0.4 is 14.8 Å². The summed E-state index contributed by atoms with van der Waals surface area (Å²) in [5.41, 5.74) is 2.62. The van der Waals surface area contributed by atoms with E-state index in [1.54, 1.807) is 0 Å². The lowest BCUT2D eigenvalue weighted by atomic mass is 9.88. The van der Waals surface area contributed by atoms with E-state index in [9.17, 15) is 4.79 Å². The zero-order chi connectivity index (χ0) is 18.6. The summed E-state index contributed by atoms with van der Waals surface area (Å²) < 4.78 is 11.7. The lowest BCUT2D eigenvalue weighted by Gasteiger charge is -2.30. The van der Waals surface area contributed by atoms with E-state index in [0.29, 0.717) is 19.7 Å². The van der Waals surface area contributed by atoms with Crippen LogP contribution in [0.4, 0.5) is 0 Å². The van der Waals surface area contributed by atoms with Gasteiger partial charge in [-0.15, -0.1) is 0 Å². The summed E-state index contributed by atoms with van der Waals surface area (Å²) in [5.74, 6) is 1.60. The van der Waals surface area contributed by atoms with Gasteiger partial charge in [-0.05, 0) is 49.6 Å². The van der Waals surface area contributed by atoms with Gasteiger partial charge in [-0.3, -0.25) is 9.69 Å². The molecule has 2 atom stereocenters. The highest BCUT2D eigenvalue weighted by atomic mass is 16.6. The Kier molecular flexibility index (Phi) is 5.30. The molecule has 5 heteroatoms. The Hall–Kier alpha value is -2.53. The number of carbonyl (C=O) groups excluding carboxylic acids is 1. The minimum atomic E-state index is -0.0758. The fourth-order valence-corrected chi connectivity index (χ4v) is 3.95. The van der Waals surface area contributed by atoms with Crippen LogP contribution in [0.25, 0.3) is 0 Å². The van der Waals surface area contributed by atoms with Crippen LogP contribution in [0.1, 0.15) is 30.0 Å². The molecule has 0 radical (unpaired) electrons. The molecule has 2 aliphatic rings. The van der Waals surface area contributed by atoms with Gasteiger partial charge in [0.05, 0.1) is 12.6 Å². The highest BCUT2D eigenvalue weighted by Crippen LogP contribution is 2.31. The van der Waals surface area contributed by atoms with Gasteiger partial charge in [0.25, 0.3) is 0 Å². The van der Waals surface area contributed by atoms with Crippen molar-refractivity contribution >= 4 is 5.91 Å². The number of likely N-dealkylation sites (N-methyl/N-ethyl adjacent to an activating group) is 1. The molecule has 0 saturated heterocycles. The zero-order valence-electron chi connectivity index (χ0n) is 15.7. The van der Waals surface area contributed by atoms with Crippen LogP contribution in [0.2, 0.25) is 0 Å². The van der Waals surface area contributed by atoms with Crippen LogP contribution in [0, 0.1) is 0 Å². The molecule has 1 amide bonds. The lowest BCUT2D eigenvalue weighted by molar-refractivity contribution is -0.123. The van der Waals surface area contributed by atoms with E-state index in [0.717, 1.165) is 30.8 Å². The molecular weight excluding hydrogens is 340 g/mol. The van der Waals surface area contributed by atoms with Crippen molar-refractivity contribution in [2.75, 3.05) is 26.7 Å². The van der Waals surface area contributed by atoms with Gasteiger partial charge in [0.15, 0.2) is 11.5 Å². The van der Waals surface area contributed by atoms with Crippen LogP contribution in [0.15, 0.2) is 48.5 Å². The molecule has 5 nitrogen and oxygen atoms in total. The van der Waals surface area contributed by atoms with E-state index in [2.05, 4.69) is 23.5 Å². The van der Waals surface area contributed by atoms with E-state index in [1.165, 1.54) is 11.1 Å². The van der Waals surface area contributed by atoms with Crippen molar-refractivity contribution < 1.29 is 14.3 Å². The Balaban J connectivity index is 1.29. The Morgan fingerprint density at radius 2 is 1.93 bits per heavy atom. The third kappa shape index (κ3) is 4.25. The van der Waals surface area contributed by atoms with E-state index in [4.69, 9.17) is 9.47 Å². The molecule has 27 heavy (non-hydrogen) atoms. The lowest BCUT2D eigenvalue weighted by Crippen LogP contribution is -2.44. The minimum absolute atomic E-state index is 0.0522. The molecule has 142 valence electrons. The summed E-state index contributed by atoms with van der Waals surface area (Å²) in [7, 11) is 1.94. The number of ether oxygens (including phenoxy) is 2. The van der Waals surface area contributed by atoms with Crippen molar-refractivity contribution in [1.82, 2.24) is 10.2 Å². The van der Waals surface area contributed by atoms with Crippen LogP contribution in [-0.4, -0.2) is 43.7 Å². The number of hydrogen-bond donors (Lipinski definition) is 1. The number of amides is 1. The molecule has 0 spiro atoms. The van der Waals surface area contributed by atoms with Crippen LogP contribution >= 0.6 is 0 Å². The number of fused-ring (bicyclic) bond motifs is 2. The smallest absolute Gasteiger partial charge is 0.234 e. The monoisotopic (exact) mass is 366 g/mol. The van der Waals surface area contributed by atoms with Crippen LogP contribution in [0.5, 0.6) is 11.5 Å². The molecular formula is C22H26N2O3. The average molecular weight is 366 g/mol. The number of carbonyl (C=O) groups is 1. The number of rotatable bonds is 5. The Morgan fingerprint density at radius 3 is 2.81 bits per heavy atom. The zero-order valence-corrected chi connectivity index (χ0v) is 15.7. The summed E-state index contributed by atoms with van der Waals surface area (Å²) in [4.78, 5) is 14.5. The summed E-state index contributed by atoms with van der Waals surface area (Å²) >= 11 is 0. The van der Waals surface area contributed by atoms with Crippen molar-refractivity contribution in [3.63, 3.8) is 0 Å². The second-order valence-electron chi connectivity index (χ2n) is 7.41. The second-order valence-corrected chi connectivity index (χ2v) is 7.41. The molecule has 1 aliphatic heterocycles. The molecule has 2 unspecified atom stereocenters. The molecule has 1 heterocycles. The highest BCUT2D eigenvalue weighted by Gasteiger charge is 2.24. The summed E-state index contributed by atoms with van der Waals surface area (Å²) in [5, 5.41) is 3.21. The Morgan fingerprint density at radius 1 is 1.15 bits per heavy atom. The summed E-state index contributed by atoms with van der Waals surface area (Å²) in [6, 6.07) is 16.2. The molecule has 2 aromatic rings. The summed E-state index contributed by atoms with van der Waals surface area (Å²) in [6.07, 6.45) is 3.14. The van der Waals surface area contributed by atoms with Gasteiger partial charge < -0.3 is 14.8 Å². The van der Waals surface area contributed by atoms with E-state index in [-0.39, 0.29) is 18.1 Å². The maximum Gasteiger partial charge on any atom is 0.234 e. The molecule has 1 N–H and O–H groups in total. The number of benzene rings is 2. The van der Waals surface area contributed by atoms with Gasteiger partial charge in [0.2, 0.25) is 5.91 Å². The van der Waals surface area contributed by atoms with Crippen molar-refractivity contribution in [2.45, 2.75) is 31.4 Å². The van der Waals surface area contributed by atoms with Gasteiger partial charge in [-0.25, -0.2) is 0 Å². The van der Waals surface area contributed by atoms with E-state index in [1.807, 2.05) is 42.3 Å². The number of aryl methyl sites for hydroxylation is 1. The molecule has 0 fully saturated rings. The predicted octanol–water partition coefficient (Wildman–Crippen LogP) is 2.95. The predicted molar refractivity (Wildman–Crippen MR) is 104 cm³/mol. The SMILES string of the molecule is CN(CC(=O)NC1CCCc2ccccc21)CC1COc2ccccc2O1. The number of nitrogens with zero attached hydrogens (tertiary/aromatic N) is 1. The quantitative estimate of drug-likeness (QED) is 0.884. The molecule has 2 aromatic carbocycles. The normalized spacial score (nSPS) is 20.8. The first-order valence-corrected chi connectivity index (χ1v) is 9.63. The largest absolute Gasteiger partial charge is 0.486 e. The molecule has 0 saturated carbocycles. The first kappa shape index (κ1) is 17.9. The third-order valence-electron chi connectivity index (χ3n) is 5.20. The molecule has 4 rings (SSSR count). The Bertz CT molecular complexity index is 808. The highest BCUT2D eigenvalue weighted by molar-refractivity contribution is 5.78. The Labute approximate surface area is 160 Å². The number of hydrogen-bond acceptors (Lipinski definition) is 4. The third-order valence-corrected chi connectivity index (χ3v) is 5.20. The fourth-order valence-electron chi connectivity index (χ4n) is 3.95. The van der Waals surface area contributed by atoms with Gasteiger partial charge in [0.1, 0.15) is 12.7 Å². The van der Waals surface area contributed by atoms with Crippen molar-refractivity contribution in [2.24, 2.45) is 0 Å². The molecule has 1 aliphatic carbocycles. The van der Waals surface area contributed by atoms with Gasteiger partial charge in [0, 0.05) is 6.54 Å². The van der Waals surface area contributed by atoms with Gasteiger partial charge in [-0.1, -0.05) is 36.4 Å². The first-order chi connectivity index (χ1) is 13.2. The van der Waals surface area contributed by atoms with Crippen molar-refractivity contribution in [3.8, 4) is 11.5 Å². The summed E-state index contributed by atoms with van der Waals surface area (Å²) in [6.45, 7) is 1.49. The van der Waals surface area contributed by atoms with Gasteiger partial charge in [-0.2, -0.15) is 0 Å². The maximum absolute atomic E-state index is 12.5. The fraction of sp³-hybridized carbons (Fsp3) is 0.409. The first-order valence-electron chi connectivity index (χ1n) is 9.63. The van der Waals surface area contributed by atoms with Crippen molar-refractivity contribution in [1.29, 1.82) is 0 Å². The van der Waals surface area contributed by atoms with Gasteiger partial charge >= 0.3 is 0 Å². The van der Waals surface area contributed by atoms with Crippen LogP contribution in [-0.2, 0) is 11.2 Å². The average Bonchev–Trinajstić information content (AvgIpc) is 2.68. The topological polar surface area (TPSA) is 50.8 Å². The number of para-hydroxylation sites is 2.